The Morgan fingerprint density at radius 1 is 1.42 bits per heavy atom. The molecule has 2 unspecified atom stereocenters. The van der Waals surface area contributed by atoms with E-state index in [1.165, 1.54) is 38.8 Å². The highest BCUT2D eigenvalue weighted by molar-refractivity contribution is 4.95. The number of aliphatic hydroxyl groups excluding tert-OH is 1. The van der Waals surface area contributed by atoms with Gasteiger partial charge in [0.1, 0.15) is 0 Å². The standard InChI is InChI=1S/C16H32N2O/c1-13(18-9-5-8-15(2,3)11-18)10-16(4,12-19)17-14-6-7-14/h13-14,17,19H,5-12H2,1-4H3. The van der Waals surface area contributed by atoms with Crippen molar-refractivity contribution in [2.45, 2.75) is 77.4 Å². The molecule has 0 aromatic carbocycles. The minimum Gasteiger partial charge on any atom is -0.394 e. The van der Waals surface area contributed by atoms with Gasteiger partial charge in [-0.05, 0) is 57.9 Å². The topological polar surface area (TPSA) is 35.5 Å². The first kappa shape index (κ1) is 15.3. The molecule has 1 saturated carbocycles. The molecule has 2 N–H and O–H groups in total. The van der Waals surface area contributed by atoms with Gasteiger partial charge in [0.25, 0.3) is 0 Å². The second kappa shape index (κ2) is 5.71. The van der Waals surface area contributed by atoms with Gasteiger partial charge in [0.15, 0.2) is 0 Å². The molecule has 2 aliphatic rings. The fourth-order valence-corrected chi connectivity index (χ4v) is 3.52. The van der Waals surface area contributed by atoms with Crippen LogP contribution < -0.4 is 5.32 Å². The first-order valence-corrected chi connectivity index (χ1v) is 7.96. The maximum absolute atomic E-state index is 9.73. The molecule has 3 nitrogen and oxygen atoms in total. The highest BCUT2D eigenvalue weighted by Gasteiger charge is 2.36. The van der Waals surface area contributed by atoms with E-state index in [0.29, 0.717) is 17.5 Å². The van der Waals surface area contributed by atoms with Crippen LogP contribution >= 0.6 is 0 Å². The minimum absolute atomic E-state index is 0.109. The number of nitrogens with zero attached hydrogens (tertiary/aromatic N) is 1. The van der Waals surface area contributed by atoms with Crippen molar-refractivity contribution in [2.24, 2.45) is 5.41 Å². The van der Waals surface area contributed by atoms with Crippen LogP contribution in [0, 0.1) is 5.41 Å². The van der Waals surface area contributed by atoms with E-state index in [9.17, 15) is 5.11 Å². The van der Waals surface area contributed by atoms with E-state index in [4.69, 9.17) is 0 Å². The Balaban J connectivity index is 1.89. The molecule has 0 bridgehead atoms. The largest absolute Gasteiger partial charge is 0.394 e. The van der Waals surface area contributed by atoms with E-state index in [1.54, 1.807) is 0 Å². The number of nitrogens with one attached hydrogen (secondary N) is 1. The van der Waals surface area contributed by atoms with Crippen molar-refractivity contribution in [3.63, 3.8) is 0 Å². The van der Waals surface area contributed by atoms with E-state index in [2.05, 4.69) is 37.9 Å². The summed E-state index contributed by atoms with van der Waals surface area (Å²) >= 11 is 0. The van der Waals surface area contributed by atoms with Crippen LogP contribution in [0.1, 0.15) is 59.8 Å². The van der Waals surface area contributed by atoms with E-state index in [0.717, 1.165) is 6.42 Å². The van der Waals surface area contributed by atoms with Crippen molar-refractivity contribution in [2.75, 3.05) is 19.7 Å². The summed E-state index contributed by atoms with van der Waals surface area (Å²) in [5.41, 5.74) is 0.341. The third-order valence-corrected chi connectivity index (χ3v) is 4.78. The van der Waals surface area contributed by atoms with E-state index >= 15 is 0 Å². The number of likely N-dealkylation sites (tertiary alicyclic amines) is 1. The summed E-state index contributed by atoms with van der Waals surface area (Å²) in [6.07, 6.45) is 6.24. The summed E-state index contributed by atoms with van der Waals surface area (Å²) in [4.78, 5) is 2.62. The van der Waals surface area contributed by atoms with Crippen LogP contribution in [0.25, 0.3) is 0 Å². The van der Waals surface area contributed by atoms with E-state index in [1.807, 2.05) is 0 Å². The molecule has 1 saturated heterocycles. The van der Waals surface area contributed by atoms with Crippen molar-refractivity contribution in [1.29, 1.82) is 0 Å². The number of rotatable bonds is 6. The first-order chi connectivity index (χ1) is 8.84. The highest BCUT2D eigenvalue weighted by Crippen LogP contribution is 2.31. The molecular formula is C16H32N2O. The van der Waals surface area contributed by atoms with Gasteiger partial charge in [0.2, 0.25) is 0 Å². The molecule has 0 radical (unpaired) electrons. The molecular weight excluding hydrogens is 236 g/mol. The van der Waals surface area contributed by atoms with Gasteiger partial charge in [-0.25, -0.2) is 0 Å². The molecule has 2 atom stereocenters. The average molecular weight is 268 g/mol. The lowest BCUT2D eigenvalue weighted by atomic mass is 9.82. The van der Waals surface area contributed by atoms with Crippen LogP contribution in [0.2, 0.25) is 0 Å². The van der Waals surface area contributed by atoms with Crippen LogP contribution in [-0.2, 0) is 0 Å². The summed E-state index contributed by atoms with van der Waals surface area (Å²) in [5, 5.41) is 13.4. The Bertz CT molecular complexity index is 301. The third kappa shape index (κ3) is 4.44. The van der Waals surface area contributed by atoms with E-state index < -0.39 is 0 Å². The van der Waals surface area contributed by atoms with Crippen molar-refractivity contribution >= 4 is 0 Å². The molecule has 2 rings (SSSR count). The van der Waals surface area contributed by atoms with Gasteiger partial charge < -0.3 is 15.3 Å². The van der Waals surface area contributed by atoms with Gasteiger partial charge in [-0.2, -0.15) is 0 Å². The smallest absolute Gasteiger partial charge is 0.0611 e. The molecule has 0 spiro atoms. The Labute approximate surface area is 118 Å². The fraction of sp³-hybridized carbons (Fsp3) is 1.00. The minimum atomic E-state index is -0.109. The lowest BCUT2D eigenvalue weighted by molar-refractivity contribution is 0.0567. The molecule has 0 amide bonds. The van der Waals surface area contributed by atoms with Gasteiger partial charge in [-0.1, -0.05) is 13.8 Å². The summed E-state index contributed by atoms with van der Waals surface area (Å²) in [6.45, 7) is 11.9. The molecule has 0 aromatic heterocycles. The van der Waals surface area contributed by atoms with Crippen molar-refractivity contribution in [1.82, 2.24) is 10.2 Å². The van der Waals surface area contributed by atoms with Crippen LogP contribution in [0.4, 0.5) is 0 Å². The lowest BCUT2D eigenvalue weighted by Crippen LogP contribution is -2.53. The average Bonchev–Trinajstić information content (AvgIpc) is 3.11. The zero-order chi connectivity index (χ0) is 14.1. The SMILES string of the molecule is CC(CC(C)(CO)NC1CC1)N1CCCC(C)(C)C1. The predicted octanol–water partition coefficient (Wildman–Crippen LogP) is 2.39. The molecule has 1 heterocycles. The van der Waals surface area contributed by atoms with Gasteiger partial charge in [-0.15, -0.1) is 0 Å². The van der Waals surface area contributed by atoms with Crippen molar-refractivity contribution in [3.8, 4) is 0 Å². The molecule has 2 fully saturated rings. The zero-order valence-electron chi connectivity index (χ0n) is 13.2. The van der Waals surface area contributed by atoms with Crippen LogP contribution in [0.3, 0.4) is 0 Å². The van der Waals surface area contributed by atoms with Crippen LogP contribution in [-0.4, -0.2) is 47.3 Å². The maximum atomic E-state index is 9.73. The lowest BCUT2D eigenvalue weighted by Gasteiger charge is -2.43. The molecule has 0 aromatic rings. The highest BCUT2D eigenvalue weighted by atomic mass is 16.3. The van der Waals surface area contributed by atoms with E-state index in [-0.39, 0.29) is 12.1 Å². The molecule has 112 valence electrons. The zero-order valence-corrected chi connectivity index (χ0v) is 13.2. The van der Waals surface area contributed by atoms with Gasteiger partial charge >= 0.3 is 0 Å². The van der Waals surface area contributed by atoms with Gasteiger partial charge in [-0.3, -0.25) is 0 Å². The molecule has 1 aliphatic carbocycles. The summed E-state index contributed by atoms with van der Waals surface area (Å²) in [5.74, 6) is 0. The second-order valence-corrected chi connectivity index (χ2v) is 7.93. The summed E-state index contributed by atoms with van der Waals surface area (Å²) in [7, 11) is 0. The first-order valence-electron chi connectivity index (χ1n) is 7.96. The summed E-state index contributed by atoms with van der Waals surface area (Å²) in [6, 6.07) is 1.20. The fourth-order valence-electron chi connectivity index (χ4n) is 3.52. The van der Waals surface area contributed by atoms with Crippen molar-refractivity contribution < 1.29 is 5.11 Å². The number of piperidine rings is 1. The Hall–Kier alpha value is -0.120. The van der Waals surface area contributed by atoms with Gasteiger partial charge in [0, 0.05) is 24.2 Å². The normalized spacial score (nSPS) is 28.9. The van der Waals surface area contributed by atoms with Crippen LogP contribution in [0.5, 0.6) is 0 Å². The second-order valence-electron chi connectivity index (χ2n) is 7.93. The number of hydrogen-bond donors (Lipinski definition) is 2. The predicted molar refractivity (Wildman–Crippen MR) is 80.3 cm³/mol. The van der Waals surface area contributed by atoms with Crippen LogP contribution in [0.15, 0.2) is 0 Å². The number of aliphatic hydroxyl groups is 1. The monoisotopic (exact) mass is 268 g/mol. The van der Waals surface area contributed by atoms with Gasteiger partial charge in [0.05, 0.1) is 6.61 Å². The molecule has 19 heavy (non-hydrogen) atoms. The summed E-state index contributed by atoms with van der Waals surface area (Å²) < 4.78 is 0. The Morgan fingerprint density at radius 2 is 2.11 bits per heavy atom. The number of hydrogen-bond acceptors (Lipinski definition) is 3. The molecule has 3 heteroatoms. The maximum Gasteiger partial charge on any atom is 0.0611 e. The third-order valence-electron chi connectivity index (χ3n) is 4.78. The van der Waals surface area contributed by atoms with Crippen molar-refractivity contribution in [3.05, 3.63) is 0 Å². The molecule has 1 aliphatic heterocycles. The Morgan fingerprint density at radius 3 is 2.63 bits per heavy atom. The quantitative estimate of drug-likeness (QED) is 0.776. The Kier molecular flexibility index (Phi) is 4.59.